The number of hydrogen-bond donors (Lipinski definition) is 0. The van der Waals surface area contributed by atoms with Crippen LogP contribution in [0.3, 0.4) is 0 Å². The van der Waals surface area contributed by atoms with Crippen LogP contribution < -0.4 is 0 Å². The molecule has 0 spiro atoms. The van der Waals surface area contributed by atoms with Crippen LogP contribution in [-0.2, 0) is 16.6 Å². The summed E-state index contributed by atoms with van der Waals surface area (Å²) in [5.41, 5.74) is 0. The molecule has 0 saturated carbocycles. The van der Waals surface area contributed by atoms with Crippen molar-refractivity contribution in [2.75, 3.05) is 7.11 Å². The highest BCUT2D eigenvalue weighted by Crippen LogP contribution is 2.26. The zero-order valence-corrected chi connectivity index (χ0v) is 11.1. The minimum absolute atomic E-state index is 0.289. The van der Waals surface area contributed by atoms with E-state index in [0.29, 0.717) is 16.7 Å². The molecule has 0 aliphatic heterocycles. The first kappa shape index (κ1) is 12.7. The number of aromatic nitrogens is 3. The van der Waals surface area contributed by atoms with E-state index in [1.807, 2.05) is 13.1 Å². The highest BCUT2D eigenvalue weighted by Gasteiger charge is 2.20. The molecule has 0 saturated heterocycles. The zero-order valence-electron chi connectivity index (χ0n) is 10.3. The van der Waals surface area contributed by atoms with E-state index in [9.17, 15) is 4.79 Å². The quantitative estimate of drug-likeness (QED) is 0.620. The SMILES string of the molecule is COC(=O)C(C)Sc1nnc(-c2ccco2)n1C. The van der Waals surface area contributed by atoms with Gasteiger partial charge in [0.15, 0.2) is 16.7 Å². The van der Waals surface area contributed by atoms with Crippen LogP contribution in [0.25, 0.3) is 11.6 Å². The fourth-order valence-electron chi connectivity index (χ4n) is 1.41. The van der Waals surface area contributed by atoms with E-state index in [2.05, 4.69) is 14.9 Å². The molecule has 0 fully saturated rings. The summed E-state index contributed by atoms with van der Waals surface area (Å²) in [5, 5.41) is 8.39. The molecule has 96 valence electrons. The fraction of sp³-hybridized carbons (Fsp3) is 0.364. The van der Waals surface area contributed by atoms with Crippen LogP contribution in [0.1, 0.15) is 6.92 Å². The van der Waals surface area contributed by atoms with Crippen molar-refractivity contribution in [2.45, 2.75) is 17.3 Å². The van der Waals surface area contributed by atoms with Gasteiger partial charge in [-0.3, -0.25) is 4.79 Å². The van der Waals surface area contributed by atoms with E-state index < -0.39 is 0 Å². The topological polar surface area (TPSA) is 70.2 Å². The van der Waals surface area contributed by atoms with Crippen molar-refractivity contribution < 1.29 is 13.9 Å². The van der Waals surface area contributed by atoms with Gasteiger partial charge in [0.25, 0.3) is 0 Å². The van der Waals surface area contributed by atoms with E-state index in [1.165, 1.54) is 18.9 Å². The van der Waals surface area contributed by atoms with Gasteiger partial charge in [0, 0.05) is 7.05 Å². The van der Waals surface area contributed by atoms with Crippen LogP contribution in [0.4, 0.5) is 0 Å². The monoisotopic (exact) mass is 267 g/mol. The maximum atomic E-state index is 11.3. The number of furan rings is 1. The van der Waals surface area contributed by atoms with E-state index in [0.717, 1.165) is 0 Å². The first-order valence-electron chi connectivity index (χ1n) is 5.31. The lowest BCUT2D eigenvalue weighted by molar-refractivity contribution is -0.139. The summed E-state index contributed by atoms with van der Waals surface area (Å²) in [6.07, 6.45) is 1.58. The Bertz CT molecular complexity index is 536. The van der Waals surface area contributed by atoms with Crippen LogP contribution >= 0.6 is 11.8 Å². The number of carbonyl (C=O) groups is 1. The smallest absolute Gasteiger partial charge is 0.318 e. The predicted molar refractivity (Wildman–Crippen MR) is 66.0 cm³/mol. The minimum Gasteiger partial charge on any atom is -0.468 e. The van der Waals surface area contributed by atoms with Crippen LogP contribution in [0.5, 0.6) is 0 Å². The number of rotatable bonds is 4. The lowest BCUT2D eigenvalue weighted by Crippen LogP contribution is -2.15. The molecule has 1 unspecified atom stereocenters. The molecule has 0 aliphatic rings. The molecule has 0 aliphatic carbocycles. The molecule has 18 heavy (non-hydrogen) atoms. The number of methoxy groups -OCH3 is 1. The van der Waals surface area contributed by atoms with Gasteiger partial charge >= 0.3 is 5.97 Å². The van der Waals surface area contributed by atoms with Gasteiger partial charge < -0.3 is 13.7 Å². The van der Waals surface area contributed by atoms with Gasteiger partial charge in [-0.05, 0) is 19.1 Å². The Hall–Kier alpha value is -1.76. The van der Waals surface area contributed by atoms with Crippen molar-refractivity contribution >= 4 is 17.7 Å². The second-order valence-electron chi connectivity index (χ2n) is 3.63. The van der Waals surface area contributed by atoms with Crippen molar-refractivity contribution in [1.82, 2.24) is 14.8 Å². The third kappa shape index (κ3) is 2.40. The summed E-state index contributed by atoms with van der Waals surface area (Å²) in [6, 6.07) is 3.59. The average molecular weight is 267 g/mol. The number of esters is 1. The van der Waals surface area contributed by atoms with Crippen molar-refractivity contribution in [2.24, 2.45) is 7.05 Å². The molecule has 2 aromatic rings. The predicted octanol–water partition coefficient (Wildman–Crippen LogP) is 1.73. The van der Waals surface area contributed by atoms with E-state index in [4.69, 9.17) is 4.42 Å². The maximum absolute atomic E-state index is 11.3. The standard InChI is InChI=1S/C11H13N3O3S/c1-7(10(15)16-3)18-11-13-12-9(14(11)2)8-5-4-6-17-8/h4-7H,1-3H3. The molecule has 2 rings (SSSR count). The van der Waals surface area contributed by atoms with Crippen molar-refractivity contribution in [1.29, 1.82) is 0 Å². The van der Waals surface area contributed by atoms with Gasteiger partial charge in [-0.25, -0.2) is 0 Å². The minimum atomic E-state index is -0.331. The first-order valence-corrected chi connectivity index (χ1v) is 6.19. The van der Waals surface area contributed by atoms with Crippen molar-refractivity contribution in [3.63, 3.8) is 0 Å². The van der Waals surface area contributed by atoms with Gasteiger partial charge in [-0.15, -0.1) is 10.2 Å². The Balaban J connectivity index is 2.19. The normalized spacial score (nSPS) is 12.4. The molecular weight excluding hydrogens is 254 g/mol. The molecule has 0 bridgehead atoms. The Kier molecular flexibility index (Phi) is 3.71. The fourth-order valence-corrected chi connectivity index (χ4v) is 2.25. The number of hydrogen-bond acceptors (Lipinski definition) is 6. The summed E-state index contributed by atoms with van der Waals surface area (Å²) in [6.45, 7) is 1.76. The number of carbonyl (C=O) groups excluding carboxylic acids is 1. The molecule has 1 atom stereocenters. The summed E-state index contributed by atoms with van der Waals surface area (Å²) in [5.74, 6) is 0.977. The van der Waals surface area contributed by atoms with Crippen molar-refractivity contribution in [3.05, 3.63) is 18.4 Å². The molecule has 2 heterocycles. The third-order valence-corrected chi connectivity index (χ3v) is 3.50. The summed E-state index contributed by atoms with van der Waals surface area (Å²) in [4.78, 5) is 11.3. The summed E-state index contributed by atoms with van der Waals surface area (Å²) >= 11 is 1.29. The van der Waals surface area contributed by atoms with Gasteiger partial charge in [0.1, 0.15) is 5.25 Å². The van der Waals surface area contributed by atoms with Crippen molar-refractivity contribution in [3.8, 4) is 11.6 Å². The van der Waals surface area contributed by atoms with Gasteiger partial charge in [-0.2, -0.15) is 0 Å². The second kappa shape index (κ2) is 5.26. The van der Waals surface area contributed by atoms with Crippen LogP contribution in [0.2, 0.25) is 0 Å². The van der Waals surface area contributed by atoms with E-state index in [-0.39, 0.29) is 11.2 Å². The molecular formula is C11H13N3O3S. The molecule has 7 heteroatoms. The Labute approximate surface area is 108 Å². The Morgan fingerprint density at radius 1 is 1.56 bits per heavy atom. The van der Waals surface area contributed by atoms with Gasteiger partial charge in [-0.1, -0.05) is 11.8 Å². The molecule has 0 radical (unpaired) electrons. The van der Waals surface area contributed by atoms with Gasteiger partial charge in [0.05, 0.1) is 13.4 Å². The number of nitrogens with zero attached hydrogens (tertiary/aromatic N) is 3. The van der Waals surface area contributed by atoms with Crippen LogP contribution in [-0.4, -0.2) is 33.1 Å². The number of ether oxygens (including phenoxy) is 1. The lowest BCUT2D eigenvalue weighted by Gasteiger charge is -2.07. The van der Waals surface area contributed by atoms with Crippen LogP contribution in [0.15, 0.2) is 28.0 Å². The summed E-state index contributed by atoms with van der Waals surface area (Å²) in [7, 11) is 3.19. The first-order chi connectivity index (χ1) is 8.63. The number of thioether (sulfide) groups is 1. The Morgan fingerprint density at radius 2 is 2.33 bits per heavy atom. The molecule has 2 aromatic heterocycles. The lowest BCUT2D eigenvalue weighted by atomic mass is 10.4. The maximum Gasteiger partial charge on any atom is 0.318 e. The average Bonchev–Trinajstić information content (AvgIpc) is 2.99. The Morgan fingerprint density at radius 3 is 2.94 bits per heavy atom. The van der Waals surface area contributed by atoms with Gasteiger partial charge in [0.2, 0.25) is 0 Å². The molecule has 0 N–H and O–H groups in total. The van der Waals surface area contributed by atoms with E-state index in [1.54, 1.807) is 23.8 Å². The molecule has 0 amide bonds. The molecule has 0 aromatic carbocycles. The second-order valence-corrected chi connectivity index (χ2v) is 4.93. The largest absolute Gasteiger partial charge is 0.468 e. The molecule has 6 nitrogen and oxygen atoms in total. The third-order valence-electron chi connectivity index (χ3n) is 2.39. The zero-order chi connectivity index (χ0) is 13.1. The van der Waals surface area contributed by atoms with Crippen LogP contribution in [0, 0.1) is 0 Å². The van der Waals surface area contributed by atoms with E-state index >= 15 is 0 Å². The highest BCUT2D eigenvalue weighted by atomic mass is 32.2. The summed E-state index contributed by atoms with van der Waals surface area (Å²) < 4.78 is 11.7. The highest BCUT2D eigenvalue weighted by molar-refractivity contribution is 8.00.